The maximum absolute atomic E-state index is 11.9. The highest BCUT2D eigenvalue weighted by Crippen LogP contribution is 2.19. The minimum Gasteiger partial charge on any atom is -0.478 e. The van der Waals surface area contributed by atoms with Gasteiger partial charge in [-0.2, -0.15) is 13.2 Å². The van der Waals surface area contributed by atoms with Crippen LogP contribution < -0.4 is 5.32 Å². The molecule has 0 aromatic carbocycles. The molecule has 0 unspecified atom stereocenters. The molecule has 0 aliphatic rings. The number of hydrogen-bond acceptors (Lipinski definition) is 4. The zero-order chi connectivity index (χ0) is 15.3. The van der Waals surface area contributed by atoms with Gasteiger partial charge in [0.15, 0.2) is 0 Å². The summed E-state index contributed by atoms with van der Waals surface area (Å²) in [5.74, 6) is -1.14. The second-order valence-corrected chi connectivity index (χ2v) is 4.17. The van der Waals surface area contributed by atoms with Crippen molar-refractivity contribution in [1.29, 1.82) is 0 Å². The molecule has 1 aromatic heterocycles. The largest absolute Gasteiger partial charge is 0.478 e. The summed E-state index contributed by atoms with van der Waals surface area (Å²) >= 11 is 0. The molecule has 20 heavy (non-hydrogen) atoms. The zero-order valence-corrected chi connectivity index (χ0v) is 11.0. The molecule has 8 heteroatoms. The summed E-state index contributed by atoms with van der Waals surface area (Å²) < 4.78 is 40.0. The van der Waals surface area contributed by atoms with E-state index in [4.69, 9.17) is 5.11 Å². The lowest BCUT2D eigenvalue weighted by molar-refractivity contribution is -0.172. The molecular weight excluding hydrogens is 277 g/mol. The summed E-state index contributed by atoms with van der Waals surface area (Å²) in [5, 5.41) is 11.8. The Morgan fingerprint density at radius 3 is 2.65 bits per heavy atom. The number of rotatable bonds is 6. The normalized spacial score (nSPS) is 11.4. The van der Waals surface area contributed by atoms with Crippen LogP contribution in [0.1, 0.15) is 21.7 Å². The van der Waals surface area contributed by atoms with Gasteiger partial charge in [0.25, 0.3) is 0 Å². The Kier molecular flexibility index (Phi) is 5.32. The molecule has 0 bridgehead atoms. The number of ether oxygens (including phenoxy) is 1. The van der Waals surface area contributed by atoms with E-state index in [0.717, 1.165) is 0 Å². The number of pyridine rings is 1. The van der Waals surface area contributed by atoms with Gasteiger partial charge in [-0.3, -0.25) is 4.98 Å². The number of nitrogens with one attached hydrogen (secondary N) is 1. The lowest BCUT2D eigenvalue weighted by Crippen LogP contribution is -2.20. The standard InChI is InChI=1S/C12H15F3N2O3/c1-7-5-9(10(11(18)19)8(2)17-7)16-3-4-20-6-12(13,14)15/h5H,3-4,6H2,1-2H3,(H,16,17)(H,18,19). The van der Waals surface area contributed by atoms with Gasteiger partial charge >= 0.3 is 12.1 Å². The summed E-state index contributed by atoms with van der Waals surface area (Å²) in [7, 11) is 0. The van der Waals surface area contributed by atoms with Crippen molar-refractivity contribution in [3.63, 3.8) is 0 Å². The maximum Gasteiger partial charge on any atom is 0.411 e. The van der Waals surface area contributed by atoms with Gasteiger partial charge < -0.3 is 15.2 Å². The molecule has 112 valence electrons. The van der Waals surface area contributed by atoms with E-state index in [1.165, 1.54) is 6.07 Å². The number of anilines is 1. The third kappa shape index (κ3) is 5.04. The Hall–Kier alpha value is -1.83. The molecule has 0 aliphatic heterocycles. The van der Waals surface area contributed by atoms with Crippen molar-refractivity contribution in [2.75, 3.05) is 25.1 Å². The molecule has 2 N–H and O–H groups in total. The highest BCUT2D eigenvalue weighted by atomic mass is 19.4. The smallest absolute Gasteiger partial charge is 0.411 e. The number of halogens is 3. The van der Waals surface area contributed by atoms with E-state index in [1.54, 1.807) is 13.8 Å². The van der Waals surface area contributed by atoms with Gasteiger partial charge in [-0.25, -0.2) is 4.79 Å². The average Bonchev–Trinajstić information content (AvgIpc) is 2.25. The zero-order valence-electron chi connectivity index (χ0n) is 11.0. The van der Waals surface area contributed by atoms with E-state index in [0.29, 0.717) is 17.1 Å². The molecule has 0 amide bonds. The van der Waals surface area contributed by atoms with Crippen LogP contribution in [0.3, 0.4) is 0 Å². The van der Waals surface area contributed by atoms with Crippen molar-refractivity contribution >= 4 is 11.7 Å². The third-order valence-corrected chi connectivity index (χ3v) is 2.37. The predicted octanol–water partition coefficient (Wildman–Crippen LogP) is 2.39. The van der Waals surface area contributed by atoms with Gasteiger partial charge in [-0.05, 0) is 19.9 Å². The first kappa shape index (κ1) is 16.2. The average molecular weight is 292 g/mol. The lowest BCUT2D eigenvalue weighted by Gasteiger charge is -2.13. The van der Waals surface area contributed by atoms with Gasteiger partial charge in [0.1, 0.15) is 12.2 Å². The Morgan fingerprint density at radius 2 is 2.10 bits per heavy atom. The van der Waals surface area contributed by atoms with E-state index in [-0.39, 0.29) is 18.7 Å². The monoisotopic (exact) mass is 292 g/mol. The highest BCUT2D eigenvalue weighted by Gasteiger charge is 2.27. The van der Waals surface area contributed by atoms with Crippen molar-refractivity contribution in [3.8, 4) is 0 Å². The van der Waals surface area contributed by atoms with Crippen molar-refractivity contribution in [2.45, 2.75) is 20.0 Å². The molecule has 1 heterocycles. The topological polar surface area (TPSA) is 71.5 Å². The number of hydrogen-bond donors (Lipinski definition) is 2. The first-order valence-electron chi connectivity index (χ1n) is 5.80. The quantitative estimate of drug-likeness (QED) is 0.788. The highest BCUT2D eigenvalue weighted by molar-refractivity contribution is 5.95. The maximum atomic E-state index is 11.9. The Labute approximate surface area is 113 Å². The number of carboxylic acid groups (broad SMARTS) is 1. The van der Waals surface area contributed by atoms with Crippen LogP contribution in [0.4, 0.5) is 18.9 Å². The molecular formula is C12H15F3N2O3. The van der Waals surface area contributed by atoms with Gasteiger partial charge in [-0.1, -0.05) is 0 Å². The fraction of sp³-hybridized carbons (Fsp3) is 0.500. The molecule has 0 spiro atoms. The molecule has 0 aliphatic carbocycles. The van der Waals surface area contributed by atoms with E-state index < -0.39 is 18.8 Å². The Balaban J connectivity index is 2.62. The molecule has 0 fully saturated rings. The van der Waals surface area contributed by atoms with Crippen molar-refractivity contribution in [1.82, 2.24) is 4.98 Å². The van der Waals surface area contributed by atoms with Crippen LogP contribution in [0, 0.1) is 13.8 Å². The Morgan fingerprint density at radius 1 is 1.45 bits per heavy atom. The molecule has 0 radical (unpaired) electrons. The van der Waals surface area contributed by atoms with Crippen molar-refractivity contribution < 1.29 is 27.8 Å². The van der Waals surface area contributed by atoms with Gasteiger partial charge in [0.2, 0.25) is 0 Å². The van der Waals surface area contributed by atoms with Crippen LogP contribution >= 0.6 is 0 Å². The van der Waals surface area contributed by atoms with E-state index >= 15 is 0 Å². The van der Waals surface area contributed by atoms with Crippen LogP contribution in [0.2, 0.25) is 0 Å². The summed E-state index contributed by atoms with van der Waals surface area (Å²) in [5.41, 5.74) is 1.28. The van der Waals surface area contributed by atoms with Gasteiger partial charge in [0, 0.05) is 12.2 Å². The number of aromatic nitrogens is 1. The van der Waals surface area contributed by atoms with Crippen LogP contribution in [-0.4, -0.2) is 42.0 Å². The number of carboxylic acids is 1. The van der Waals surface area contributed by atoms with Gasteiger partial charge in [0.05, 0.1) is 18.0 Å². The van der Waals surface area contributed by atoms with Crippen LogP contribution in [0.5, 0.6) is 0 Å². The van der Waals surface area contributed by atoms with Crippen molar-refractivity contribution in [2.24, 2.45) is 0 Å². The lowest BCUT2D eigenvalue weighted by atomic mass is 10.1. The third-order valence-electron chi connectivity index (χ3n) is 2.37. The summed E-state index contributed by atoms with van der Waals surface area (Å²) in [6.07, 6.45) is -4.37. The number of aryl methyl sites for hydroxylation is 2. The second-order valence-electron chi connectivity index (χ2n) is 4.17. The second kappa shape index (κ2) is 6.56. The molecule has 0 atom stereocenters. The summed E-state index contributed by atoms with van der Waals surface area (Å²) in [6, 6.07) is 1.53. The molecule has 5 nitrogen and oxygen atoms in total. The minimum atomic E-state index is -4.37. The van der Waals surface area contributed by atoms with Gasteiger partial charge in [-0.15, -0.1) is 0 Å². The fourth-order valence-electron chi connectivity index (χ4n) is 1.68. The van der Waals surface area contributed by atoms with Crippen LogP contribution in [-0.2, 0) is 4.74 Å². The first-order chi connectivity index (χ1) is 9.20. The minimum absolute atomic E-state index is 0.00595. The van der Waals surface area contributed by atoms with Crippen LogP contribution in [0.25, 0.3) is 0 Å². The summed E-state index contributed by atoms with van der Waals surface area (Å²) in [6.45, 7) is 1.82. The van der Waals surface area contributed by atoms with Crippen LogP contribution in [0.15, 0.2) is 6.07 Å². The number of alkyl halides is 3. The SMILES string of the molecule is Cc1cc(NCCOCC(F)(F)F)c(C(=O)O)c(C)n1. The van der Waals surface area contributed by atoms with Crippen molar-refractivity contribution in [3.05, 3.63) is 23.0 Å². The predicted molar refractivity (Wildman–Crippen MR) is 66.0 cm³/mol. The molecule has 0 saturated heterocycles. The van der Waals surface area contributed by atoms with E-state index in [2.05, 4.69) is 15.0 Å². The first-order valence-corrected chi connectivity index (χ1v) is 5.80. The van der Waals surface area contributed by atoms with E-state index in [1.807, 2.05) is 0 Å². The number of aromatic carboxylic acids is 1. The molecule has 1 rings (SSSR count). The number of nitrogens with zero attached hydrogens (tertiary/aromatic N) is 1. The Bertz CT molecular complexity index is 490. The molecule has 0 saturated carbocycles. The fourth-order valence-corrected chi connectivity index (χ4v) is 1.68. The number of carbonyl (C=O) groups is 1. The van der Waals surface area contributed by atoms with E-state index in [9.17, 15) is 18.0 Å². The summed E-state index contributed by atoms with van der Waals surface area (Å²) in [4.78, 5) is 15.1. The molecule has 1 aromatic rings.